The number of furan rings is 1. The molecule has 3 heteroatoms. The Morgan fingerprint density at radius 1 is 0.609 bits per heavy atom. The average molecular weight is 606 g/mol. The number of rotatable bonds is 3. The molecule has 0 aliphatic rings. The summed E-state index contributed by atoms with van der Waals surface area (Å²) >= 11 is 1.85. The van der Waals surface area contributed by atoms with Crippen LogP contribution in [-0.4, -0.2) is 4.57 Å². The van der Waals surface area contributed by atoms with E-state index < -0.39 is 0 Å². The lowest BCUT2D eigenvalue weighted by Crippen LogP contribution is -1.94. The van der Waals surface area contributed by atoms with Crippen molar-refractivity contribution in [1.29, 1.82) is 0 Å². The summed E-state index contributed by atoms with van der Waals surface area (Å²) in [5.41, 5.74) is 5.32. The third-order valence-electron chi connectivity index (χ3n) is 9.63. The second kappa shape index (κ2) is 9.43. The fourth-order valence-electron chi connectivity index (χ4n) is 7.85. The normalized spacial score (nSPS) is 12.5. The molecular weight excluding hydrogens is 579 g/mol. The molecule has 3 heterocycles. The molecule has 0 radical (unpaired) electrons. The van der Waals surface area contributed by atoms with Gasteiger partial charge < -0.3 is 8.98 Å². The topological polar surface area (TPSA) is 18.1 Å². The quantitative estimate of drug-likeness (QED) is 0.183. The maximum Gasteiger partial charge on any atom is 0.160 e. The van der Waals surface area contributed by atoms with Gasteiger partial charge >= 0.3 is 0 Å². The van der Waals surface area contributed by atoms with Crippen LogP contribution in [0.2, 0.25) is 0 Å². The van der Waals surface area contributed by atoms with Crippen LogP contribution < -0.4 is 0 Å². The lowest BCUT2D eigenvalue weighted by molar-refractivity contribution is 0.605. The molecule has 10 aromatic rings. The molecule has 0 bridgehead atoms. The summed E-state index contributed by atoms with van der Waals surface area (Å²) in [5, 5.41) is 13.6. The van der Waals surface area contributed by atoms with Gasteiger partial charge in [0.15, 0.2) is 5.58 Å². The molecule has 7 aromatic carbocycles. The van der Waals surface area contributed by atoms with Gasteiger partial charge in [0.05, 0.1) is 11.0 Å². The van der Waals surface area contributed by atoms with Crippen molar-refractivity contribution in [2.45, 2.75) is 6.92 Å². The second-order valence-corrected chi connectivity index (χ2v) is 13.1. The molecule has 3 aromatic heterocycles. The number of aromatic nitrogens is 1. The van der Waals surface area contributed by atoms with E-state index in [1.807, 2.05) is 17.4 Å². The monoisotopic (exact) mass is 605 g/mol. The Bertz CT molecular complexity index is 2950. The van der Waals surface area contributed by atoms with Crippen molar-refractivity contribution in [3.05, 3.63) is 139 Å². The molecule has 0 unspecified atom stereocenters. The van der Waals surface area contributed by atoms with Crippen molar-refractivity contribution >= 4 is 109 Å². The van der Waals surface area contributed by atoms with Crippen molar-refractivity contribution in [2.75, 3.05) is 0 Å². The molecule has 0 saturated heterocycles. The minimum atomic E-state index is 0.787. The minimum Gasteiger partial charge on any atom is -0.454 e. The van der Waals surface area contributed by atoms with Crippen LogP contribution in [0.5, 0.6) is 0 Å². The van der Waals surface area contributed by atoms with E-state index in [9.17, 15) is 0 Å². The largest absolute Gasteiger partial charge is 0.454 e. The summed E-state index contributed by atoms with van der Waals surface area (Å²) in [4.78, 5) is 0. The molecule has 0 aliphatic carbocycles. The molecule has 216 valence electrons. The number of thiophene rings is 1. The standard InChI is InChI=1S/C43H27NOS/c1-3-13-32-35(4-2)45-43-41(32)39-30-18-8-6-15-27(30)26-14-5-7-17-29(26)38(39)40-31-19-9-11-20-34(31)44(42(40)43)25-22-23-37-33(24-25)28-16-10-12-21-36(28)46-37/h3-24H,2H2,1H3/b13-3-. The predicted molar refractivity (Wildman–Crippen MR) is 201 cm³/mol. The summed E-state index contributed by atoms with van der Waals surface area (Å²) < 4.78 is 12.0. The van der Waals surface area contributed by atoms with Gasteiger partial charge in [-0.1, -0.05) is 104 Å². The molecule has 2 nitrogen and oxygen atoms in total. The molecule has 0 fully saturated rings. The van der Waals surface area contributed by atoms with Gasteiger partial charge in [0.25, 0.3) is 0 Å². The van der Waals surface area contributed by atoms with Crippen molar-refractivity contribution in [2.24, 2.45) is 0 Å². The minimum absolute atomic E-state index is 0.787. The molecule has 10 rings (SSSR count). The Hall–Kier alpha value is -5.64. The maximum absolute atomic E-state index is 6.93. The van der Waals surface area contributed by atoms with Crippen LogP contribution in [0, 0.1) is 0 Å². The number of para-hydroxylation sites is 1. The van der Waals surface area contributed by atoms with E-state index in [2.05, 4.69) is 145 Å². The summed E-state index contributed by atoms with van der Waals surface area (Å²) in [5.74, 6) is 0.787. The third-order valence-corrected chi connectivity index (χ3v) is 10.8. The van der Waals surface area contributed by atoms with Gasteiger partial charge in [-0.25, -0.2) is 0 Å². The second-order valence-electron chi connectivity index (χ2n) is 12.0. The van der Waals surface area contributed by atoms with Crippen molar-refractivity contribution in [3.63, 3.8) is 0 Å². The first-order valence-electron chi connectivity index (χ1n) is 15.7. The number of hydrogen-bond acceptors (Lipinski definition) is 2. The molecule has 0 saturated carbocycles. The molecule has 46 heavy (non-hydrogen) atoms. The van der Waals surface area contributed by atoms with E-state index >= 15 is 0 Å². The summed E-state index contributed by atoms with van der Waals surface area (Å²) in [6.45, 7) is 6.26. The fraction of sp³-hybridized carbons (Fsp3) is 0.0233. The van der Waals surface area contributed by atoms with Gasteiger partial charge in [-0.3, -0.25) is 0 Å². The Kier molecular flexibility index (Phi) is 5.26. The molecule has 0 N–H and O–H groups in total. The van der Waals surface area contributed by atoms with Gasteiger partial charge in [0.1, 0.15) is 5.76 Å². The number of nitrogens with zero attached hydrogens (tertiary/aromatic N) is 1. The SMILES string of the molecule is C=Cc1oc2c(c1/C=C\C)c1c3ccccc3c3ccccc3c1c1c3ccccc3n(-c3ccc4sc5ccccc5c4c3)c21. The molecule has 0 amide bonds. The Labute approximate surface area is 268 Å². The van der Waals surface area contributed by atoms with Crippen molar-refractivity contribution in [1.82, 2.24) is 4.57 Å². The lowest BCUT2D eigenvalue weighted by Gasteiger charge is -2.14. The highest BCUT2D eigenvalue weighted by Gasteiger charge is 2.26. The van der Waals surface area contributed by atoms with Gasteiger partial charge in [-0.15, -0.1) is 11.3 Å². The van der Waals surface area contributed by atoms with Gasteiger partial charge in [0.2, 0.25) is 0 Å². The van der Waals surface area contributed by atoms with E-state index in [0.29, 0.717) is 0 Å². The zero-order chi connectivity index (χ0) is 30.5. The van der Waals surface area contributed by atoms with Gasteiger partial charge in [-0.2, -0.15) is 0 Å². The van der Waals surface area contributed by atoms with E-state index in [1.54, 1.807) is 0 Å². The first kappa shape index (κ1) is 25.7. The molecular formula is C43H27NOS. The maximum atomic E-state index is 6.93. The molecule has 0 aliphatic heterocycles. The van der Waals surface area contributed by atoms with E-state index in [0.717, 1.165) is 39.0 Å². The van der Waals surface area contributed by atoms with Crippen LogP contribution in [0.3, 0.4) is 0 Å². The highest BCUT2D eigenvalue weighted by atomic mass is 32.1. The number of allylic oxidation sites excluding steroid dienone is 1. The Morgan fingerprint density at radius 2 is 1.22 bits per heavy atom. The van der Waals surface area contributed by atoms with E-state index in [-0.39, 0.29) is 0 Å². The van der Waals surface area contributed by atoms with Gasteiger partial charge in [-0.05, 0) is 64.9 Å². The summed E-state index contributed by atoms with van der Waals surface area (Å²) in [7, 11) is 0. The fourth-order valence-corrected chi connectivity index (χ4v) is 8.94. The third kappa shape index (κ3) is 3.25. The summed E-state index contributed by atoms with van der Waals surface area (Å²) in [6.07, 6.45) is 6.13. The summed E-state index contributed by atoms with van der Waals surface area (Å²) in [6, 6.07) is 42.1. The predicted octanol–water partition coefficient (Wildman–Crippen LogP) is 13.0. The molecule has 0 spiro atoms. The zero-order valence-corrected chi connectivity index (χ0v) is 26.0. The van der Waals surface area contributed by atoms with Crippen LogP contribution in [0.15, 0.2) is 132 Å². The number of benzene rings is 7. The van der Waals surface area contributed by atoms with E-state index in [4.69, 9.17) is 4.42 Å². The Morgan fingerprint density at radius 3 is 1.93 bits per heavy atom. The zero-order valence-electron chi connectivity index (χ0n) is 25.2. The number of fused-ring (bicyclic) bond motifs is 16. The van der Waals surface area contributed by atoms with Crippen LogP contribution in [0.4, 0.5) is 0 Å². The lowest BCUT2D eigenvalue weighted by atomic mass is 9.88. The molecule has 0 atom stereocenters. The van der Waals surface area contributed by atoms with Crippen LogP contribution >= 0.6 is 11.3 Å². The van der Waals surface area contributed by atoms with Crippen LogP contribution in [-0.2, 0) is 0 Å². The van der Waals surface area contributed by atoms with Crippen molar-refractivity contribution in [3.8, 4) is 5.69 Å². The average Bonchev–Trinajstić information content (AvgIpc) is 3.77. The highest BCUT2D eigenvalue weighted by Crippen LogP contribution is 2.50. The Balaban J connectivity index is 1.54. The van der Waals surface area contributed by atoms with Gasteiger partial charge in [0, 0.05) is 58.4 Å². The van der Waals surface area contributed by atoms with Crippen LogP contribution in [0.25, 0.3) is 103 Å². The highest BCUT2D eigenvalue weighted by molar-refractivity contribution is 7.25. The van der Waals surface area contributed by atoms with Crippen LogP contribution in [0.1, 0.15) is 18.2 Å². The number of hydrogen-bond donors (Lipinski definition) is 0. The first-order valence-corrected chi connectivity index (χ1v) is 16.5. The van der Waals surface area contributed by atoms with Crippen molar-refractivity contribution < 1.29 is 4.42 Å². The van der Waals surface area contributed by atoms with E-state index in [1.165, 1.54) is 63.3 Å². The first-order chi connectivity index (χ1) is 22.8. The smallest absolute Gasteiger partial charge is 0.160 e.